The Bertz CT molecular complexity index is 1100. The molecule has 1 atom stereocenters. The van der Waals surface area contributed by atoms with Gasteiger partial charge in [0.1, 0.15) is 17.1 Å². The minimum Gasteiger partial charge on any atom is -0.468 e. The first kappa shape index (κ1) is 20.3. The predicted octanol–water partition coefficient (Wildman–Crippen LogP) is 1.79. The van der Waals surface area contributed by atoms with Gasteiger partial charge in [0.25, 0.3) is 5.56 Å². The standard InChI is InChI=1S/C21H24N4O4/c1-3-24-20(27)18(16(26)12-23-14(2)17-10-7-11-29-17)19(22)25(21(24)28)13-15-8-5-4-6-9-15/h4-11,14,23H,3,12-13,22H2,1-2H3/t14-/m1/s1. The Morgan fingerprint density at radius 2 is 1.86 bits per heavy atom. The molecular formula is C21H24N4O4. The average Bonchev–Trinajstić information content (AvgIpc) is 3.25. The Morgan fingerprint density at radius 1 is 1.14 bits per heavy atom. The molecule has 2 aromatic heterocycles. The summed E-state index contributed by atoms with van der Waals surface area (Å²) in [5, 5.41) is 3.02. The number of benzene rings is 1. The maximum Gasteiger partial charge on any atom is 0.332 e. The molecule has 152 valence electrons. The highest BCUT2D eigenvalue weighted by Gasteiger charge is 2.23. The number of rotatable bonds is 8. The minimum atomic E-state index is -0.670. The lowest BCUT2D eigenvalue weighted by atomic mass is 10.1. The highest BCUT2D eigenvalue weighted by atomic mass is 16.3. The number of nitrogens with zero attached hydrogens (tertiary/aromatic N) is 2. The number of nitrogens with one attached hydrogen (secondary N) is 1. The lowest BCUT2D eigenvalue weighted by Gasteiger charge is -2.16. The van der Waals surface area contributed by atoms with Crippen LogP contribution < -0.4 is 22.3 Å². The summed E-state index contributed by atoms with van der Waals surface area (Å²) < 4.78 is 7.61. The Labute approximate surface area is 167 Å². The number of hydrogen-bond acceptors (Lipinski definition) is 6. The Balaban J connectivity index is 1.95. The number of Topliss-reactive ketones (excluding diaryl/α,β-unsaturated/α-hetero) is 1. The van der Waals surface area contributed by atoms with Crippen molar-refractivity contribution in [2.45, 2.75) is 33.0 Å². The van der Waals surface area contributed by atoms with Crippen LogP contribution in [0.4, 0.5) is 5.82 Å². The number of furan rings is 1. The number of anilines is 1. The van der Waals surface area contributed by atoms with Crippen molar-refractivity contribution in [3.63, 3.8) is 0 Å². The van der Waals surface area contributed by atoms with Gasteiger partial charge in [0, 0.05) is 6.54 Å². The fraction of sp³-hybridized carbons (Fsp3) is 0.286. The molecule has 1 aromatic carbocycles. The van der Waals surface area contributed by atoms with Crippen molar-refractivity contribution < 1.29 is 9.21 Å². The van der Waals surface area contributed by atoms with Gasteiger partial charge in [0.2, 0.25) is 0 Å². The van der Waals surface area contributed by atoms with Crippen LogP contribution in [0.3, 0.4) is 0 Å². The summed E-state index contributed by atoms with van der Waals surface area (Å²) in [4.78, 5) is 38.4. The van der Waals surface area contributed by atoms with E-state index < -0.39 is 17.0 Å². The number of ketones is 1. The minimum absolute atomic E-state index is 0.117. The zero-order valence-electron chi connectivity index (χ0n) is 16.4. The Hall–Kier alpha value is -3.39. The number of nitrogens with two attached hydrogens (primary N) is 1. The summed E-state index contributed by atoms with van der Waals surface area (Å²) in [7, 11) is 0. The molecule has 0 aliphatic carbocycles. The van der Waals surface area contributed by atoms with E-state index in [9.17, 15) is 14.4 Å². The molecule has 0 spiro atoms. The van der Waals surface area contributed by atoms with Gasteiger partial charge >= 0.3 is 5.69 Å². The smallest absolute Gasteiger partial charge is 0.332 e. The second kappa shape index (κ2) is 8.74. The molecule has 8 heteroatoms. The summed E-state index contributed by atoms with van der Waals surface area (Å²) in [5.41, 5.74) is 5.60. The third kappa shape index (κ3) is 4.22. The van der Waals surface area contributed by atoms with Crippen LogP contribution in [0.25, 0.3) is 0 Å². The number of hydrogen-bond donors (Lipinski definition) is 2. The molecule has 0 unspecified atom stereocenters. The first-order valence-corrected chi connectivity index (χ1v) is 9.41. The molecule has 0 bridgehead atoms. The highest BCUT2D eigenvalue weighted by Crippen LogP contribution is 2.13. The normalized spacial score (nSPS) is 12.1. The van der Waals surface area contributed by atoms with Crippen molar-refractivity contribution in [3.8, 4) is 0 Å². The summed E-state index contributed by atoms with van der Waals surface area (Å²) in [6.45, 7) is 3.72. The molecule has 0 saturated heterocycles. The molecule has 3 aromatic rings. The molecule has 29 heavy (non-hydrogen) atoms. The van der Waals surface area contributed by atoms with Crippen molar-refractivity contribution >= 4 is 11.6 Å². The molecule has 3 rings (SSSR count). The maximum atomic E-state index is 12.8. The Kier molecular flexibility index (Phi) is 6.13. The summed E-state index contributed by atoms with van der Waals surface area (Å²) in [6.07, 6.45) is 1.55. The van der Waals surface area contributed by atoms with E-state index in [1.54, 1.807) is 25.3 Å². The molecule has 0 saturated carbocycles. The maximum absolute atomic E-state index is 12.8. The predicted molar refractivity (Wildman–Crippen MR) is 110 cm³/mol. The third-order valence-electron chi connectivity index (χ3n) is 4.79. The lowest BCUT2D eigenvalue weighted by Crippen LogP contribution is -2.45. The molecule has 0 fully saturated rings. The fourth-order valence-electron chi connectivity index (χ4n) is 3.15. The molecular weight excluding hydrogens is 372 g/mol. The fourth-order valence-corrected chi connectivity index (χ4v) is 3.15. The van der Waals surface area contributed by atoms with Crippen LogP contribution in [0.15, 0.2) is 62.7 Å². The van der Waals surface area contributed by atoms with E-state index in [1.165, 1.54) is 4.57 Å². The zero-order valence-corrected chi connectivity index (χ0v) is 16.4. The lowest BCUT2D eigenvalue weighted by molar-refractivity contribution is 0.0985. The summed E-state index contributed by atoms with van der Waals surface area (Å²) >= 11 is 0. The number of aromatic nitrogens is 2. The van der Waals surface area contributed by atoms with Crippen molar-refractivity contribution in [3.05, 3.63) is 86.5 Å². The van der Waals surface area contributed by atoms with Gasteiger partial charge in [-0.05, 0) is 31.5 Å². The van der Waals surface area contributed by atoms with Gasteiger partial charge in [0.15, 0.2) is 5.78 Å². The van der Waals surface area contributed by atoms with Crippen molar-refractivity contribution in [1.29, 1.82) is 0 Å². The number of carbonyl (C=O) groups is 1. The van der Waals surface area contributed by atoms with E-state index in [4.69, 9.17) is 10.2 Å². The van der Waals surface area contributed by atoms with Crippen molar-refractivity contribution in [2.75, 3.05) is 12.3 Å². The zero-order chi connectivity index (χ0) is 21.0. The largest absolute Gasteiger partial charge is 0.468 e. The van der Waals surface area contributed by atoms with Crippen LogP contribution in [0.2, 0.25) is 0 Å². The first-order chi connectivity index (χ1) is 13.9. The second-order valence-corrected chi connectivity index (χ2v) is 6.71. The average molecular weight is 396 g/mol. The molecule has 0 amide bonds. The molecule has 3 N–H and O–H groups in total. The van der Waals surface area contributed by atoms with Gasteiger partial charge in [-0.1, -0.05) is 30.3 Å². The molecule has 0 aliphatic rings. The molecule has 2 heterocycles. The van der Waals surface area contributed by atoms with Gasteiger partial charge in [-0.3, -0.25) is 18.7 Å². The van der Waals surface area contributed by atoms with Gasteiger partial charge in [0.05, 0.1) is 25.4 Å². The second-order valence-electron chi connectivity index (χ2n) is 6.71. The monoisotopic (exact) mass is 396 g/mol. The first-order valence-electron chi connectivity index (χ1n) is 9.41. The van der Waals surface area contributed by atoms with E-state index in [0.29, 0.717) is 5.76 Å². The van der Waals surface area contributed by atoms with Crippen molar-refractivity contribution in [1.82, 2.24) is 14.5 Å². The van der Waals surface area contributed by atoms with Crippen LogP contribution in [0.5, 0.6) is 0 Å². The number of nitrogen functional groups attached to an aromatic ring is 1. The van der Waals surface area contributed by atoms with Gasteiger partial charge in [-0.15, -0.1) is 0 Å². The van der Waals surface area contributed by atoms with E-state index in [1.807, 2.05) is 37.3 Å². The Morgan fingerprint density at radius 3 is 2.48 bits per heavy atom. The van der Waals surface area contributed by atoms with E-state index >= 15 is 0 Å². The van der Waals surface area contributed by atoms with E-state index in [2.05, 4.69) is 5.32 Å². The summed E-state index contributed by atoms with van der Waals surface area (Å²) in [5.74, 6) is 0.0757. The van der Waals surface area contributed by atoms with Gasteiger partial charge in [-0.25, -0.2) is 4.79 Å². The van der Waals surface area contributed by atoms with Gasteiger partial charge in [-0.2, -0.15) is 0 Å². The molecule has 0 aliphatic heterocycles. The number of carbonyl (C=O) groups excluding carboxylic acids is 1. The quantitative estimate of drug-likeness (QED) is 0.562. The van der Waals surface area contributed by atoms with E-state index in [0.717, 1.165) is 10.1 Å². The van der Waals surface area contributed by atoms with E-state index in [-0.39, 0.29) is 37.1 Å². The van der Waals surface area contributed by atoms with Crippen LogP contribution in [0.1, 0.15) is 41.6 Å². The molecule has 0 radical (unpaired) electrons. The van der Waals surface area contributed by atoms with Crippen LogP contribution in [0, 0.1) is 0 Å². The third-order valence-corrected chi connectivity index (χ3v) is 4.79. The molecule has 8 nitrogen and oxygen atoms in total. The topological polar surface area (TPSA) is 112 Å². The SMILES string of the molecule is CCn1c(=O)c(C(=O)CN[C@H](C)c2ccco2)c(N)n(Cc2ccccc2)c1=O. The van der Waals surface area contributed by atoms with Crippen LogP contribution >= 0.6 is 0 Å². The highest BCUT2D eigenvalue weighted by molar-refractivity contribution is 6.01. The van der Waals surface area contributed by atoms with Crippen LogP contribution in [-0.2, 0) is 13.1 Å². The van der Waals surface area contributed by atoms with Gasteiger partial charge < -0.3 is 15.5 Å². The summed E-state index contributed by atoms with van der Waals surface area (Å²) in [6, 6.07) is 12.6. The van der Waals surface area contributed by atoms with Crippen LogP contribution in [-0.4, -0.2) is 21.5 Å². The van der Waals surface area contributed by atoms with Crippen molar-refractivity contribution in [2.24, 2.45) is 0 Å².